The van der Waals surface area contributed by atoms with Crippen LogP contribution in [-0.4, -0.2) is 11.7 Å². The summed E-state index contributed by atoms with van der Waals surface area (Å²) in [6.07, 6.45) is 11.9. The summed E-state index contributed by atoms with van der Waals surface area (Å²) < 4.78 is 0. The highest BCUT2D eigenvalue weighted by Gasteiger charge is 2.00. The number of unbranched alkanes of at least 4 members (excludes halogenated alkanes) is 5. The molecule has 0 aromatic rings. The number of hydrogen-bond acceptors (Lipinski definition) is 1. The van der Waals surface area contributed by atoms with Crippen LogP contribution in [0.15, 0.2) is 0 Å². The molecule has 1 nitrogen and oxygen atoms in total. The summed E-state index contributed by atoms with van der Waals surface area (Å²) in [6.45, 7) is 4.93. The van der Waals surface area contributed by atoms with Gasteiger partial charge in [-0.3, -0.25) is 0 Å². The van der Waals surface area contributed by atoms with Gasteiger partial charge in [0.1, 0.15) is 0 Å². The highest BCUT2D eigenvalue weighted by Crippen LogP contribution is 2.15. The first kappa shape index (κ1) is 14.0. The lowest BCUT2D eigenvalue weighted by molar-refractivity contribution is 0.270. The predicted molar refractivity (Wildman–Crippen MR) is 63.5 cm³/mol. The molecule has 0 heterocycles. The Hall–Kier alpha value is -0.0400. The van der Waals surface area contributed by atoms with Crippen molar-refractivity contribution in [2.75, 3.05) is 6.61 Å². The van der Waals surface area contributed by atoms with E-state index in [0.29, 0.717) is 6.61 Å². The van der Waals surface area contributed by atoms with Gasteiger partial charge in [-0.15, -0.1) is 0 Å². The lowest BCUT2D eigenvalue weighted by atomic mass is 9.98. The van der Waals surface area contributed by atoms with E-state index in [2.05, 4.69) is 13.8 Å². The zero-order valence-electron chi connectivity index (χ0n) is 10.1. The van der Waals surface area contributed by atoms with Crippen LogP contribution in [-0.2, 0) is 0 Å². The van der Waals surface area contributed by atoms with E-state index in [9.17, 15) is 0 Å². The molecule has 0 bridgehead atoms. The molecule has 1 atom stereocenters. The molecule has 1 heteroatoms. The molecule has 0 rings (SSSR count). The fraction of sp³-hybridized carbons (Fsp3) is 1.00. The number of aliphatic hydroxyl groups is 1. The maximum absolute atomic E-state index is 8.68. The van der Waals surface area contributed by atoms with Gasteiger partial charge in [-0.25, -0.2) is 0 Å². The lowest BCUT2D eigenvalue weighted by Crippen LogP contribution is -1.96. The zero-order valence-corrected chi connectivity index (χ0v) is 10.1. The van der Waals surface area contributed by atoms with Crippen LogP contribution in [0, 0.1) is 5.92 Å². The Labute approximate surface area is 89.9 Å². The van der Waals surface area contributed by atoms with Crippen molar-refractivity contribution < 1.29 is 5.11 Å². The third-order valence-corrected chi connectivity index (χ3v) is 2.91. The Bertz CT molecular complexity index is 101. The van der Waals surface area contributed by atoms with Gasteiger partial charge >= 0.3 is 0 Å². The molecule has 1 unspecified atom stereocenters. The molecule has 0 aromatic carbocycles. The van der Waals surface area contributed by atoms with Gasteiger partial charge < -0.3 is 5.11 Å². The van der Waals surface area contributed by atoms with E-state index >= 15 is 0 Å². The van der Waals surface area contributed by atoms with Gasteiger partial charge in [-0.1, -0.05) is 58.8 Å². The molecule has 0 aromatic heterocycles. The number of hydrogen-bond donors (Lipinski definition) is 1. The summed E-state index contributed by atoms with van der Waals surface area (Å²) in [5.41, 5.74) is 0. The molecule has 1 N–H and O–H groups in total. The summed E-state index contributed by atoms with van der Waals surface area (Å²) in [4.78, 5) is 0. The first-order valence-corrected chi connectivity index (χ1v) is 6.42. The van der Waals surface area contributed by atoms with Crippen LogP contribution in [0.2, 0.25) is 0 Å². The zero-order chi connectivity index (χ0) is 10.6. The van der Waals surface area contributed by atoms with Gasteiger partial charge in [0.15, 0.2) is 0 Å². The molecule has 0 saturated heterocycles. The van der Waals surface area contributed by atoms with Crippen LogP contribution in [0.25, 0.3) is 0 Å². The minimum Gasteiger partial charge on any atom is -0.396 e. The fourth-order valence-corrected chi connectivity index (χ4v) is 1.86. The van der Waals surface area contributed by atoms with E-state index in [1.165, 1.54) is 51.4 Å². The van der Waals surface area contributed by atoms with Crippen molar-refractivity contribution in [3.05, 3.63) is 0 Å². The van der Waals surface area contributed by atoms with Crippen molar-refractivity contribution in [1.82, 2.24) is 0 Å². The topological polar surface area (TPSA) is 20.2 Å². The van der Waals surface area contributed by atoms with Crippen LogP contribution in [0.3, 0.4) is 0 Å². The van der Waals surface area contributed by atoms with Crippen LogP contribution in [0.1, 0.15) is 71.6 Å². The minimum absolute atomic E-state index is 0.362. The molecule has 86 valence electrons. The summed E-state index contributed by atoms with van der Waals surface area (Å²) >= 11 is 0. The summed E-state index contributed by atoms with van der Waals surface area (Å²) in [5.74, 6) is 0.813. The lowest BCUT2D eigenvalue weighted by Gasteiger charge is -2.09. The quantitative estimate of drug-likeness (QED) is 0.525. The average Bonchev–Trinajstić information content (AvgIpc) is 2.20. The van der Waals surface area contributed by atoms with Gasteiger partial charge in [-0.05, 0) is 18.8 Å². The molecule has 0 radical (unpaired) electrons. The second-order valence-corrected chi connectivity index (χ2v) is 4.53. The Morgan fingerprint density at radius 2 is 1.43 bits per heavy atom. The third-order valence-electron chi connectivity index (χ3n) is 2.91. The van der Waals surface area contributed by atoms with Gasteiger partial charge in [0, 0.05) is 6.61 Å². The van der Waals surface area contributed by atoms with Crippen molar-refractivity contribution in [3.63, 3.8) is 0 Å². The maximum Gasteiger partial charge on any atom is 0.0431 e. The second-order valence-electron chi connectivity index (χ2n) is 4.53. The molecular formula is C13H28O. The smallest absolute Gasteiger partial charge is 0.0431 e. The molecular weight excluding hydrogens is 172 g/mol. The van der Waals surface area contributed by atoms with E-state index in [-0.39, 0.29) is 0 Å². The van der Waals surface area contributed by atoms with Crippen molar-refractivity contribution >= 4 is 0 Å². The fourth-order valence-electron chi connectivity index (χ4n) is 1.86. The number of aliphatic hydroxyl groups excluding tert-OH is 1. The average molecular weight is 200 g/mol. The highest BCUT2D eigenvalue weighted by atomic mass is 16.2. The van der Waals surface area contributed by atoms with Gasteiger partial charge in [0.05, 0.1) is 0 Å². The summed E-state index contributed by atoms with van der Waals surface area (Å²) in [6, 6.07) is 0. The Balaban J connectivity index is 3.02. The molecule has 0 aliphatic carbocycles. The van der Waals surface area contributed by atoms with Gasteiger partial charge in [0.25, 0.3) is 0 Å². The Morgan fingerprint density at radius 1 is 0.857 bits per heavy atom. The third kappa shape index (κ3) is 10.0. The molecule has 0 saturated carbocycles. The van der Waals surface area contributed by atoms with Crippen molar-refractivity contribution in [1.29, 1.82) is 0 Å². The second kappa shape index (κ2) is 11.0. The highest BCUT2D eigenvalue weighted by molar-refractivity contribution is 4.54. The minimum atomic E-state index is 0.362. The molecule has 0 fully saturated rings. The van der Waals surface area contributed by atoms with Crippen molar-refractivity contribution in [3.8, 4) is 0 Å². The van der Waals surface area contributed by atoms with Crippen LogP contribution < -0.4 is 0 Å². The molecule has 0 amide bonds. The first-order chi connectivity index (χ1) is 6.81. The Kier molecular flexibility index (Phi) is 11.0. The SMILES string of the molecule is CCCCCCCCC(C)CCCO. The first-order valence-electron chi connectivity index (χ1n) is 6.42. The van der Waals surface area contributed by atoms with E-state index in [0.717, 1.165) is 12.3 Å². The Morgan fingerprint density at radius 3 is 2.07 bits per heavy atom. The molecule has 0 spiro atoms. The van der Waals surface area contributed by atoms with E-state index in [1.807, 2.05) is 0 Å². The summed E-state index contributed by atoms with van der Waals surface area (Å²) in [7, 11) is 0. The summed E-state index contributed by atoms with van der Waals surface area (Å²) in [5, 5.41) is 8.68. The van der Waals surface area contributed by atoms with Crippen molar-refractivity contribution in [2.24, 2.45) is 5.92 Å². The standard InChI is InChI=1S/C13H28O/c1-3-4-5-6-7-8-10-13(2)11-9-12-14/h13-14H,3-12H2,1-2H3. The van der Waals surface area contributed by atoms with E-state index in [4.69, 9.17) is 5.11 Å². The van der Waals surface area contributed by atoms with Crippen LogP contribution in [0.5, 0.6) is 0 Å². The maximum atomic E-state index is 8.68. The predicted octanol–water partition coefficient (Wildman–Crippen LogP) is 4.15. The van der Waals surface area contributed by atoms with Crippen LogP contribution >= 0.6 is 0 Å². The normalized spacial score (nSPS) is 13.1. The van der Waals surface area contributed by atoms with Gasteiger partial charge in [0.2, 0.25) is 0 Å². The molecule has 14 heavy (non-hydrogen) atoms. The van der Waals surface area contributed by atoms with Crippen LogP contribution in [0.4, 0.5) is 0 Å². The monoisotopic (exact) mass is 200 g/mol. The molecule has 0 aliphatic rings. The van der Waals surface area contributed by atoms with E-state index < -0.39 is 0 Å². The van der Waals surface area contributed by atoms with Crippen molar-refractivity contribution in [2.45, 2.75) is 71.6 Å². The molecule has 0 aliphatic heterocycles. The number of rotatable bonds is 10. The largest absolute Gasteiger partial charge is 0.396 e. The van der Waals surface area contributed by atoms with Gasteiger partial charge in [-0.2, -0.15) is 0 Å². The van der Waals surface area contributed by atoms with E-state index in [1.54, 1.807) is 0 Å².